The molecule has 3 aromatic rings. The molecule has 1 amide bonds. The second kappa shape index (κ2) is 8.14. The molecule has 1 aromatic heterocycles. The number of nitrogens with zero attached hydrogens (tertiary/aromatic N) is 1. The molecular formula is C22H26N4O3. The molecule has 1 aliphatic heterocycles. The number of hydrogen-bond donors (Lipinski definition) is 3. The zero-order valence-corrected chi connectivity index (χ0v) is 16.9. The van der Waals surface area contributed by atoms with Gasteiger partial charge in [0.15, 0.2) is 0 Å². The SMILES string of the molecule is CCn1c(C2CC(NC(=O)c3ccc(OC)cc3)NN2)cc2cc(OC)ccc21. The molecule has 3 N–H and O–H groups in total. The fraction of sp³-hybridized carbons (Fsp3) is 0.318. The van der Waals surface area contributed by atoms with Crippen LogP contribution in [0.25, 0.3) is 10.9 Å². The van der Waals surface area contributed by atoms with Crippen LogP contribution in [0, 0.1) is 0 Å². The summed E-state index contributed by atoms with van der Waals surface area (Å²) in [7, 11) is 3.28. The van der Waals surface area contributed by atoms with Crippen molar-refractivity contribution in [2.75, 3.05) is 14.2 Å². The van der Waals surface area contributed by atoms with Crippen LogP contribution in [0.2, 0.25) is 0 Å². The molecule has 152 valence electrons. The number of benzene rings is 2. The summed E-state index contributed by atoms with van der Waals surface area (Å²) in [5.41, 5.74) is 9.49. The lowest BCUT2D eigenvalue weighted by atomic mass is 10.1. The molecule has 0 radical (unpaired) electrons. The zero-order valence-electron chi connectivity index (χ0n) is 16.9. The van der Waals surface area contributed by atoms with Gasteiger partial charge in [0.25, 0.3) is 5.91 Å². The van der Waals surface area contributed by atoms with E-state index >= 15 is 0 Å². The van der Waals surface area contributed by atoms with Gasteiger partial charge in [0.1, 0.15) is 11.5 Å². The highest BCUT2D eigenvalue weighted by molar-refractivity contribution is 5.94. The van der Waals surface area contributed by atoms with Gasteiger partial charge >= 0.3 is 0 Å². The standard InChI is InChI=1S/C22H26N4O3/c1-4-26-19-10-9-17(29-3)11-15(19)12-20(26)18-13-21(25-24-18)23-22(27)14-5-7-16(28-2)8-6-14/h5-12,18,21,24-25H,4,13H2,1-3H3,(H,23,27). The molecule has 2 atom stereocenters. The average Bonchev–Trinajstić information content (AvgIpc) is 3.37. The summed E-state index contributed by atoms with van der Waals surface area (Å²) in [6.07, 6.45) is 0.586. The summed E-state index contributed by atoms with van der Waals surface area (Å²) in [6, 6.07) is 15.5. The topological polar surface area (TPSA) is 76.6 Å². The van der Waals surface area contributed by atoms with Gasteiger partial charge in [-0.25, -0.2) is 10.9 Å². The van der Waals surface area contributed by atoms with Crippen molar-refractivity contribution in [2.24, 2.45) is 0 Å². The number of nitrogens with one attached hydrogen (secondary N) is 3. The van der Waals surface area contributed by atoms with Gasteiger partial charge < -0.3 is 19.4 Å². The van der Waals surface area contributed by atoms with E-state index in [4.69, 9.17) is 9.47 Å². The van der Waals surface area contributed by atoms with Gasteiger partial charge in [-0.15, -0.1) is 0 Å². The number of fused-ring (bicyclic) bond motifs is 1. The van der Waals surface area contributed by atoms with Crippen LogP contribution in [0.15, 0.2) is 48.5 Å². The van der Waals surface area contributed by atoms with E-state index in [0.29, 0.717) is 5.56 Å². The van der Waals surface area contributed by atoms with E-state index in [1.807, 2.05) is 6.07 Å². The number of hydrogen-bond acceptors (Lipinski definition) is 5. The molecule has 0 bridgehead atoms. The van der Waals surface area contributed by atoms with Gasteiger partial charge in [0.05, 0.1) is 26.4 Å². The third-order valence-electron chi connectivity index (χ3n) is 5.37. The van der Waals surface area contributed by atoms with E-state index in [9.17, 15) is 4.79 Å². The van der Waals surface area contributed by atoms with Gasteiger partial charge in [-0.2, -0.15) is 0 Å². The molecule has 2 heterocycles. The molecule has 1 saturated heterocycles. The van der Waals surface area contributed by atoms with Crippen molar-refractivity contribution >= 4 is 16.8 Å². The number of amides is 1. The van der Waals surface area contributed by atoms with Crippen LogP contribution in [0.1, 0.15) is 35.4 Å². The molecule has 2 unspecified atom stereocenters. The molecule has 0 aliphatic carbocycles. The van der Waals surface area contributed by atoms with Gasteiger partial charge in [0.2, 0.25) is 0 Å². The van der Waals surface area contributed by atoms with Crippen molar-refractivity contribution in [2.45, 2.75) is 32.1 Å². The number of carbonyl (C=O) groups is 1. The lowest BCUT2D eigenvalue weighted by molar-refractivity contribution is 0.0932. The Balaban J connectivity index is 1.48. The van der Waals surface area contributed by atoms with Gasteiger partial charge in [-0.1, -0.05) is 0 Å². The molecule has 2 aromatic carbocycles. The molecule has 7 nitrogen and oxygen atoms in total. The van der Waals surface area contributed by atoms with Gasteiger partial charge in [-0.05, 0) is 55.5 Å². The molecule has 0 saturated carbocycles. The Kier molecular flexibility index (Phi) is 5.42. The van der Waals surface area contributed by atoms with Crippen molar-refractivity contribution in [1.29, 1.82) is 0 Å². The lowest BCUT2D eigenvalue weighted by Gasteiger charge is -2.14. The highest BCUT2D eigenvalue weighted by Crippen LogP contribution is 2.30. The van der Waals surface area contributed by atoms with Crippen molar-refractivity contribution in [1.82, 2.24) is 20.7 Å². The number of carbonyl (C=O) groups excluding carboxylic acids is 1. The zero-order chi connectivity index (χ0) is 20.4. The van der Waals surface area contributed by atoms with Crippen molar-refractivity contribution in [3.05, 3.63) is 59.8 Å². The minimum absolute atomic E-state index is 0.0921. The van der Waals surface area contributed by atoms with Crippen LogP contribution in [0.3, 0.4) is 0 Å². The Bertz CT molecular complexity index is 1010. The quantitative estimate of drug-likeness (QED) is 0.599. The summed E-state index contributed by atoms with van der Waals surface area (Å²) in [6.45, 7) is 3.00. The predicted octanol–water partition coefficient (Wildman–Crippen LogP) is 2.97. The Morgan fingerprint density at radius 1 is 1.07 bits per heavy atom. The van der Waals surface area contributed by atoms with Crippen LogP contribution in [-0.4, -0.2) is 30.9 Å². The molecule has 29 heavy (non-hydrogen) atoms. The van der Waals surface area contributed by atoms with Crippen LogP contribution in [-0.2, 0) is 6.54 Å². The largest absolute Gasteiger partial charge is 0.497 e. The van der Waals surface area contributed by atoms with Crippen molar-refractivity contribution in [3.63, 3.8) is 0 Å². The number of aryl methyl sites for hydroxylation is 1. The Morgan fingerprint density at radius 3 is 2.48 bits per heavy atom. The number of hydrazine groups is 1. The van der Waals surface area contributed by atoms with Gasteiger partial charge in [0, 0.05) is 35.1 Å². The summed E-state index contributed by atoms with van der Waals surface area (Å²) in [5, 5.41) is 4.19. The lowest BCUT2D eigenvalue weighted by Crippen LogP contribution is -2.44. The summed E-state index contributed by atoms with van der Waals surface area (Å²) >= 11 is 0. The minimum Gasteiger partial charge on any atom is -0.497 e. The predicted molar refractivity (Wildman–Crippen MR) is 112 cm³/mol. The molecule has 7 heteroatoms. The fourth-order valence-corrected chi connectivity index (χ4v) is 3.87. The highest BCUT2D eigenvalue weighted by atomic mass is 16.5. The first kappa shape index (κ1) is 19.3. The van der Waals surface area contributed by atoms with E-state index in [1.165, 1.54) is 11.2 Å². The normalized spacial score (nSPS) is 18.7. The molecule has 1 fully saturated rings. The number of ether oxygens (including phenoxy) is 2. The molecule has 1 aliphatic rings. The van der Waals surface area contributed by atoms with Crippen LogP contribution < -0.4 is 25.6 Å². The summed E-state index contributed by atoms with van der Waals surface area (Å²) in [4.78, 5) is 12.5. The van der Waals surface area contributed by atoms with E-state index in [2.05, 4.69) is 45.9 Å². The summed E-state index contributed by atoms with van der Waals surface area (Å²) in [5.74, 6) is 1.46. The maximum atomic E-state index is 12.5. The van der Waals surface area contributed by atoms with E-state index < -0.39 is 0 Å². The van der Waals surface area contributed by atoms with Crippen molar-refractivity contribution < 1.29 is 14.3 Å². The second-order valence-electron chi connectivity index (χ2n) is 7.07. The fourth-order valence-electron chi connectivity index (χ4n) is 3.87. The molecule has 4 rings (SSSR count). The van der Waals surface area contributed by atoms with Crippen LogP contribution in [0.5, 0.6) is 11.5 Å². The van der Waals surface area contributed by atoms with E-state index in [1.54, 1.807) is 38.5 Å². The maximum Gasteiger partial charge on any atom is 0.252 e. The average molecular weight is 394 g/mol. The minimum atomic E-state index is -0.160. The Morgan fingerprint density at radius 2 is 1.79 bits per heavy atom. The van der Waals surface area contributed by atoms with Crippen LogP contribution >= 0.6 is 0 Å². The smallest absolute Gasteiger partial charge is 0.252 e. The first-order valence-electron chi connectivity index (χ1n) is 9.76. The van der Waals surface area contributed by atoms with Crippen LogP contribution in [0.4, 0.5) is 0 Å². The van der Waals surface area contributed by atoms with E-state index in [0.717, 1.165) is 29.9 Å². The highest BCUT2D eigenvalue weighted by Gasteiger charge is 2.29. The Hall–Kier alpha value is -3.03. The second-order valence-corrected chi connectivity index (χ2v) is 7.07. The molecule has 0 spiro atoms. The Labute approximate surface area is 170 Å². The number of methoxy groups -OCH3 is 2. The van der Waals surface area contributed by atoms with Gasteiger partial charge in [-0.3, -0.25) is 4.79 Å². The van der Waals surface area contributed by atoms with Crippen molar-refractivity contribution in [3.8, 4) is 11.5 Å². The monoisotopic (exact) mass is 394 g/mol. The number of aromatic nitrogens is 1. The maximum absolute atomic E-state index is 12.5. The third kappa shape index (κ3) is 3.79. The third-order valence-corrected chi connectivity index (χ3v) is 5.37. The summed E-state index contributed by atoms with van der Waals surface area (Å²) < 4.78 is 12.8. The first-order chi connectivity index (χ1) is 14.1. The van der Waals surface area contributed by atoms with E-state index in [-0.39, 0.29) is 18.1 Å². The number of rotatable bonds is 6. The molecular weight excluding hydrogens is 368 g/mol. The first-order valence-corrected chi connectivity index (χ1v) is 9.76.